The van der Waals surface area contributed by atoms with Crippen molar-refractivity contribution in [2.75, 3.05) is 7.11 Å². The van der Waals surface area contributed by atoms with Crippen LogP contribution in [0.4, 0.5) is 0 Å². The molecule has 128 valence electrons. The highest BCUT2D eigenvalue weighted by Crippen LogP contribution is 2.17. The van der Waals surface area contributed by atoms with E-state index in [1.807, 2.05) is 12.1 Å². The van der Waals surface area contributed by atoms with Crippen LogP contribution in [-0.2, 0) is 16.0 Å². The minimum atomic E-state index is -0.847. The molecule has 0 radical (unpaired) electrons. The molecular weight excluding hydrogens is 292 g/mol. The maximum Gasteiger partial charge on any atom is 0.306 e. The van der Waals surface area contributed by atoms with E-state index in [0.29, 0.717) is 6.42 Å². The van der Waals surface area contributed by atoms with E-state index < -0.39 is 11.9 Å². The summed E-state index contributed by atoms with van der Waals surface area (Å²) in [5, 5.41) is 9.07. The summed E-state index contributed by atoms with van der Waals surface area (Å²) >= 11 is 0. The SMILES string of the molecule is COc1ccc(CCCCCCC[C@H](CC(C)=O)C(=O)O)cc1. The normalized spacial score (nSPS) is 11.9. The summed E-state index contributed by atoms with van der Waals surface area (Å²) in [5.74, 6) is -0.518. The number of ketones is 1. The Labute approximate surface area is 138 Å². The van der Waals surface area contributed by atoms with Crippen LogP contribution in [0.25, 0.3) is 0 Å². The summed E-state index contributed by atoms with van der Waals surface area (Å²) in [7, 11) is 1.67. The van der Waals surface area contributed by atoms with E-state index in [4.69, 9.17) is 9.84 Å². The number of hydrogen-bond acceptors (Lipinski definition) is 3. The molecule has 1 atom stereocenters. The zero-order valence-electron chi connectivity index (χ0n) is 14.2. The first kappa shape index (κ1) is 19.2. The lowest BCUT2D eigenvalue weighted by Crippen LogP contribution is -2.16. The van der Waals surface area contributed by atoms with E-state index >= 15 is 0 Å². The number of methoxy groups -OCH3 is 1. The number of aryl methyl sites for hydroxylation is 1. The van der Waals surface area contributed by atoms with Crippen molar-refractivity contribution >= 4 is 11.8 Å². The number of carbonyl (C=O) groups is 2. The van der Waals surface area contributed by atoms with Gasteiger partial charge >= 0.3 is 5.97 Å². The second-order valence-electron chi connectivity index (χ2n) is 6.10. The molecule has 0 heterocycles. The third-order valence-electron chi connectivity index (χ3n) is 4.06. The van der Waals surface area contributed by atoms with Crippen molar-refractivity contribution in [1.29, 1.82) is 0 Å². The first-order chi connectivity index (χ1) is 11.0. The van der Waals surface area contributed by atoms with Crippen molar-refractivity contribution < 1.29 is 19.4 Å². The predicted octanol–water partition coefficient (Wildman–Crippen LogP) is 4.26. The molecular formula is C19H28O4. The lowest BCUT2D eigenvalue weighted by atomic mass is 9.95. The van der Waals surface area contributed by atoms with Gasteiger partial charge in [-0.2, -0.15) is 0 Å². The second kappa shape index (κ2) is 10.8. The van der Waals surface area contributed by atoms with Crippen LogP contribution in [0.5, 0.6) is 5.75 Å². The third kappa shape index (κ3) is 8.38. The summed E-state index contributed by atoms with van der Waals surface area (Å²) < 4.78 is 5.14. The van der Waals surface area contributed by atoms with E-state index in [9.17, 15) is 9.59 Å². The molecule has 1 aromatic carbocycles. The molecule has 4 heteroatoms. The average Bonchev–Trinajstić information content (AvgIpc) is 2.52. The van der Waals surface area contributed by atoms with Crippen LogP contribution in [0.2, 0.25) is 0 Å². The van der Waals surface area contributed by atoms with Crippen molar-refractivity contribution in [3.05, 3.63) is 29.8 Å². The minimum Gasteiger partial charge on any atom is -0.497 e. The van der Waals surface area contributed by atoms with Gasteiger partial charge in [0, 0.05) is 6.42 Å². The molecule has 0 unspecified atom stereocenters. The smallest absolute Gasteiger partial charge is 0.306 e. The van der Waals surface area contributed by atoms with Gasteiger partial charge in [0.15, 0.2) is 0 Å². The second-order valence-corrected chi connectivity index (χ2v) is 6.10. The van der Waals surface area contributed by atoms with Gasteiger partial charge in [0.1, 0.15) is 11.5 Å². The highest BCUT2D eigenvalue weighted by Gasteiger charge is 2.18. The van der Waals surface area contributed by atoms with Gasteiger partial charge in [0.05, 0.1) is 13.0 Å². The number of ether oxygens (including phenoxy) is 1. The quantitative estimate of drug-likeness (QED) is 0.585. The number of carbonyl (C=O) groups excluding carboxylic acids is 1. The van der Waals surface area contributed by atoms with Crippen LogP contribution in [-0.4, -0.2) is 24.0 Å². The first-order valence-corrected chi connectivity index (χ1v) is 8.38. The van der Waals surface area contributed by atoms with Gasteiger partial charge in [-0.1, -0.05) is 37.8 Å². The molecule has 1 N–H and O–H groups in total. The molecule has 0 aromatic heterocycles. The Morgan fingerprint density at radius 2 is 1.65 bits per heavy atom. The van der Waals surface area contributed by atoms with Gasteiger partial charge < -0.3 is 14.6 Å². The van der Waals surface area contributed by atoms with Gasteiger partial charge in [0.25, 0.3) is 0 Å². The van der Waals surface area contributed by atoms with Gasteiger partial charge in [0.2, 0.25) is 0 Å². The zero-order valence-corrected chi connectivity index (χ0v) is 14.2. The Bertz CT molecular complexity index is 479. The fraction of sp³-hybridized carbons (Fsp3) is 0.579. The summed E-state index contributed by atoms with van der Waals surface area (Å²) in [4.78, 5) is 22.1. The Morgan fingerprint density at radius 3 is 2.22 bits per heavy atom. The van der Waals surface area contributed by atoms with Crippen molar-refractivity contribution in [2.24, 2.45) is 5.92 Å². The molecule has 0 bridgehead atoms. The third-order valence-corrected chi connectivity index (χ3v) is 4.06. The highest BCUT2D eigenvalue weighted by molar-refractivity contribution is 5.81. The molecule has 23 heavy (non-hydrogen) atoms. The Hall–Kier alpha value is -1.84. The maximum atomic E-state index is 11.0. The van der Waals surface area contributed by atoms with Crippen molar-refractivity contribution in [2.45, 2.75) is 58.3 Å². The zero-order chi connectivity index (χ0) is 17.1. The molecule has 0 saturated carbocycles. The topological polar surface area (TPSA) is 63.6 Å². The number of rotatable bonds is 12. The molecule has 0 aliphatic rings. The van der Waals surface area contributed by atoms with Crippen LogP contribution in [0.3, 0.4) is 0 Å². The lowest BCUT2D eigenvalue weighted by molar-refractivity contribution is -0.143. The summed E-state index contributed by atoms with van der Waals surface area (Å²) in [6.45, 7) is 1.45. The van der Waals surface area contributed by atoms with Crippen molar-refractivity contribution in [3.8, 4) is 5.75 Å². The molecule has 1 rings (SSSR count). The fourth-order valence-corrected chi connectivity index (χ4v) is 2.70. The van der Waals surface area contributed by atoms with Crippen molar-refractivity contribution in [3.63, 3.8) is 0 Å². The molecule has 0 aliphatic carbocycles. The van der Waals surface area contributed by atoms with Gasteiger partial charge in [-0.3, -0.25) is 4.79 Å². The fourth-order valence-electron chi connectivity index (χ4n) is 2.70. The molecule has 0 aliphatic heterocycles. The highest BCUT2D eigenvalue weighted by atomic mass is 16.5. The van der Waals surface area contributed by atoms with E-state index in [1.165, 1.54) is 12.5 Å². The van der Waals surface area contributed by atoms with E-state index in [1.54, 1.807) is 7.11 Å². The Balaban J connectivity index is 2.10. The monoisotopic (exact) mass is 320 g/mol. The number of benzene rings is 1. The summed E-state index contributed by atoms with van der Waals surface area (Å²) in [5.41, 5.74) is 1.32. The van der Waals surface area contributed by atoms with Gasteiger partial charge in [-0.25, -0.2) is 0 Å². The Morgan fingerprint density at radius 1 is 1.04 bits per heavy atom. The number of aliphatic carboxylic acids is 1. The van der Waals surface area contributed by atoms with Crippen LogP contribution >= 0.6 is 0 Å². The van der Waals surface area contributed by atoms with Crippen LogP contribution in [0, 0.1) is 5.92 Å². The molecule has 1 aromatic rings. The lowest BCUT2D eigenvalue weighted by Gasteiger charge is -2.10. The average molecular weight is 320 g/mol. The molecule has 4 nitrogen and oxygen atoms in total. The van der Waals surface area contributed by atoms with E-state index in [2.05, 4.69) is 12.1 Å². The Kier molecular flexibility index (Phi) is 9.03. The molecule has 0 saturated heterocycles. The number of carboxylic acids is 1. The standard InChI is InChI=1S/C19H28O4/c1-15(20)14-17(19(21)22)9-7-5-3-4-6-8-16-10-12-18(23-2)13-11-16/h10-13,17H,3-9,14H2,1-2H3,(H,21,22)/t17-/m1/s1. The van der Waals surface area contributed by atoms with Crippen LogP contribution < -0.4 is 4.74 Å². The molecule has 0 fully saturated rings. The van der Waals surface area contributed by atoms with Crippen LogP contribution in [0.1, 0.15) is 57.4 Å². The maximum absolute atomic E-state index is 11.0. The van der Waals surface area contributed by atoms with Gasteiger partial charge in [-0.05, 0) is 43.9 Å². The summed E-state index contributed by atoms with van der Waals surface area (Å²) in [6.07, 6.45) is 7.14. The predicted molar refractivity (Wildman–Crippen MR) is 90.8 cm³/mol. The molecule has 0 spiro atoms. The van der Waals surface area contributed by atoms with E-state index in [-0.39, 0.29) is 12.2 Å². The van der Waals surface area contributed by atoms with Gasteiger partial charge in [-0.15, -0.1) is 0 Å². The number of unbranched alkanes of at least 4 members (excludes halogenated alkanes) is 4. The summed E-state index contributed by atoms with van der Waals surface area (Å²) in [6, 6.07) is 8.16. The van der Waals surface area contributed by atoms with Crippen molar-refractivity contribution in [1.82, 2.24) is 0 Å². The number of hydrogen-bond donors (Lipinski definition) is 1. The largest absolute Gasteiger partial charge is 0.497 e. The first-order valence-electron chi connectivity index (χ1n) is 8.38. The number of carboxylic acid groups (broad SMARTS) is 1. The number of Topliss-reactive ketones (excluding diaryl/α,β-unsaturated/α-hetero) is 1. The minimum absolute atomic E-state index is 0.0445. The van der Waals surface area contributed by atoms with E-state index in [0.717, 1.165) is 44.3 Å². The van der Waals surface area contributed by atoms with Crippen LogP contribution in [0.15, 0.2) is 24.3 Å². The molecule has 0 amide bonds.